The predicted octanol–water partition coefficient (Wildman–Crippen LogP) is 3.30. The molecule has 3 heterocycles. The average molecular weight is 619 g/mol. The van der Waals surface area contributed by atoms with Crippen LogP contribution in [0.15, 0.2) is 36.5 Å². The summed E-state index contributed by atoms with van der Waals surface area (Å²) in [5.41, 5.74) is 1.40. The lowest BCUT2D eigenvalue weighted by Crippen LogP contribution is -2.67. The van der Waals surface area contributed by atoms with Gasteiger partial charge in [0.05, 0.1) is 30.6 Å². The number of hydrogen-bond acceptors (Lipinski definition) is 11. The van der Waals surface area contributed by atoms with Crippen molar-refractivity contribution >= 4 is 29.7 Å². The highest BCUT2D eigenvalue weighted by atomic mass is 19.3. The zero-order valence-corrected chi connectivity index (χ0v) is 24.5. The molecule has 2 aliphatic heterocycles. The first-order valence-corrected chi connectivity index (χ1v) is 14.0. The number of pyridine rings is 1. The molecular formula is C30H32F2N2O10. The van der Waals surface area contributed by atoms with Crippen molar-refractivity contribution in [1.82, 2.24) is 9.88 Å². The summed E-state index contributed by atoms with van der Waals surface area (Å²) < 4.78 is 50.6. The molecule has 0 bridgehead atoms. The van der Waals surface area contributed by atoms with Gasteiger partial charge in [0.25, 0.3) is 0 Å². The summed E-state index contributed by atoms with van der Waals surface area (Å²) in [4.78, 5) is 68.0. The number of ether oxygens (including phenoxy) is 5. The van der Waals surface area contributed by atoms with Crippen molar-refractivity contribution in [3.63, 3.8) is 0 Å². The first-order chi connectivity index (χ1) is 20.8. The molecule has 0 aliphatic carbocycles. The van der Waals surface area contributed by atoms with Gasteiger partial charge in [-0.25, -0.2) is 4.79 Å². The van der Waals surface area contributed by atoms with E-state index in [1.165, 1.54) is 24.4 Å². The number of hydrogen-bond donors (Lipinski definition) is 0. The summed E-state index contributed by atoms with van der Waals surface area (Å²) in [6, 6.07) is 6.18. The molecule has 0 radical (unpaired) electrons. The lowest BCUT2D eigenvalue weighted by Gasteiger charge is -2.44. The maximum Gasteiger partial charge on any atom is 0.586 e. The van der Waals surface area contributed by atoms with Gasteiger partial charge in [0.2, 0.25) is 18.6 Å². The number of fused-ring (bicyclic) bond motifs is 1. The number of esters is 3. The monoisotopic (exact) mass is 618 g/mol. The van der Waals surface area contributed by atoms with Gasteiger partial charge < -0.3 is 23.7 Å². The zero-order valence-electron chi connectivity index (χ0n) is 24.5. The second kappa shape index (κ2) is 13.3. The van der Waals surface area contributed by atoms with E-state index in [0.29, 0.717) is 16.8 Å². The number of rotatable bonds is 12. The van der Waals surface area contributed by atoms with E-state index >= 15 is 0 Å². The maximum absolute atomic E-state index is 13.4. The van der Waals surface area contributed by atoms with Gasteiger partial charge in [-0.2, -0.15) is 0 Å². The number of halogens is 2. The first-order valence-electron chi connectivity index (χ1n) is 14.0. The fourth-order valence-corrected chi connectivity index (χ4v) is 4.80. The van der Waals surface area contributed by atoms with Crippen LogP contribution in [-0.2, 0) is 51.0 Å². The number of nitrogens with zero attached hydrogens (tertiary/aromatic N) is 2. The van der Waals surface area contributed by atoms with Crippen LogP contribution < -0.4 is 9.47 Å². The van der Waals surface area contributed by atoms with Crippen LogP contribution in [-0.4, -0.2) is 65.3 Å². The van der Waals surface area contributed by atoms with Crippen LogP contribution in [0, 0.1) is 11.8 Å². The highest BCUT2D eigenvalue weighted by molar-refractivity contribution is 6.08. The molecule has 2 amide bonds. The van der Waals surface area contributed by atoms with Crippen LogP contribution in [0.3, 0.4) is 0 Å². The third-order valence-electron chi connectivity index (χ3n) is 7.04. The van der Waals surface area contributed by atoms with Crippen molar-refractivity contribution in [1.29, 1.82) is 0 Å². The number of carbonyl (C=O) groups is 5. The molecule has 2 aliphatic rings. The Morgan fingerprint density at radius 2 is 1.75 bits per heavy atom. The molecule has 0 spiro atoms. The number of carbonyl (C=O) groups excluding carboxylic acids is 5. The number of β-lactam (4-membered cyclic amide) rings is 1. The highest BCUT2D eigenvalue weighted by Crippen LogP contribution is 2.43. The predicted molar refractivity (Wildman–Crippen MR) is 145 cm³/mol. The number of aromatic nitrogens is 1. The topological polar surface area (TPSA) is 148 Å². The van der Waals surface area contributed by atoms with E-state index in [4.69, 9.17) is 14.2 Å². The quantitative estimate of drug-likeness (QED) is 0.196. The molecular weight excluding hydrogens is 586 g/mol. The van der Waals surface area contributed by atoms with Crippen LogP contribution in [0.4, 0.5) is 8.78 Å². The Bertz CT molecular complexity index is 1450. The van der Waals surface area contributed by atoms with Crippen molar-refractivity contribution in [2.24, 2.45) is 11.8 Å². The van der Waals surface area contributed by atoms with Gasteiger partial charge in [-0.3, -0.25) is 29.1 Å². The molecule has 0 N–H and O–H groups in total. The normalized spacial score (nSPS) is 18.8. The molecule has 0 saturated carbocycles. The Morgan fingerprint density at radius 3 is 2.45 bits per heavy atom. The maximum atomic E-state index is 13.4. The van der Waals surface area contributed by atoms with Crippen LogP contribution in [0.1, 0.15) is 56.9 Å². The standard InChI is InChI=1S/C30H32F2N2O10/c1-5-40-29(39)26-21(12-18-8-9-33-20(11-18)14-25(36)41-15-42-28(38)16(2)3)27(37)34(26)24(35)10-17(4)19-6-7-22-23(13-19)44-30(31,32)43-22/h6-9,11,13,16-17,21,26H,5,10,12,14-15H2,1-4H3/t17-,21+,26-/m0/s1. The number of amides is 2. The molecule has 1 fully saturated rings. The zero-order chi connectivity index (χ0) is 32.2. The summed E-state index contributed by atoms with van der Waals surface area (Å²) in [6.07, 6.45) is -2.71. The van der Waals surface area contributed by atoms with Crippen LogP contribution in [0.5, 0.6) is 11.5 Å². The Balaban J connectivity index is 1.39. The summed E-state index contributed by atoms with van der Waals surface area (Å²) in [5, 5.41) is 0. The Kier molecular flexibility index (Phi) is 9.80. The van der Waals surface area contributed by atoms with Gasteiger partial charge in [-0.05, 0) is 54.7 Å². The van der Waals surface area contributed by atoms with Gasteiger partial charge >= 0.3 is 24.2 Å². The van der Waals surface area contributed by atoms with E-state index < -0.39 is 60.7 Å². The second-order valence-electron chi connectivity index (χ2n) is 10.7. The van der Waals surface area contributed by atoms with Crippen molar-refractivity contribution in [3.05, 3.63) is 53.3 Å². The summed E-state index contributed by atoms with van der Waals surface area (Å²) in [7, 11) is 0. The lowest BCUT2D eigenvalue weighted by atomic mass is 9.81. The van der Waals surface area contributed by atoms with Gasteiger partial charge in [0.15, 0.2) is 11.5 Å². The van der Waals surface area contributed by atoms with Crippen molar-refractivity contribution in [2.75, 3.05) is 13.4 Å². The Morgan fingerprint density at radius 1 is 1.02 bits per heavy atom. The van der Waals surface area contributed by atoms with Gasteiger partial charge in [-0.15, -0.1) is 8.78 Å². The minimum atomic E-state index is -3.78. The van der Waals surface area contributed by atoms with Gasteiger partial charge in [0, 0.05) is 12.6 Å². The molecule has 3 atom stereocenters. The molecule has 1 aromatic heterocycles. The van der Waals surface area contributed by atoms with Gasteiger partial charge in [-0.1, -0.05) is 26.8 Å². The van der Waals surface area contributed by atoms with E-state index in [0.717, 1.165) is 4.90 Å². The van der Waals surface area contributed by atoms with E-state index in [2.05, 4.69) is 14.5 Å². The minimum absolute atomic E-state index is 0.0322. The SMILES string of the molecule is CCOC(=O)[C@@H]1[C@@H](Cc2ccnc(CC(=O)OCOC(=O)C(C)C)c2)C(=O)N1C(=O)C[C@H](C)c1ccc2c(c1)OC(F)(F)O2. The number of benzene rings is 1. The molecule has 0 unspecified atom stereocenters. The van der Waals surface area contributed by atoms with Crippen LogP contribution in [0.2, 0.25) is 0 Å². The minimum Gasteiger partial charge on any atom is -0.464 e. The molecule has 44 heavy (non-hydrogen) atoms. The molecule has 2 aromatic rings. The molecule has 1 saturated heterocycles. The van der Waals surface area contributed by atoms with Crippen molar-refractivity contribution in [3.8, 4) is 11.5 Å². The highest BCUT2D eigenvalue weighted by Gasteiger charge is 2.55. The molecule has 14 heteroatoms. The lowest BCUT2D eigenvalue weighted by molar-refractivity contribution is -0.286. The summed E-state index contributed by atoms with van der Waals surface area (Å²) in [6.45, 7) is 6.06. The van der Waals surface area contributed by atoms with Crippen LogP contribution >= 0.6 is 0 Å². The fourth-order valence-electron chi connectivity index (χ4n) is 4.80. The average Bonchev–Trinajstić information content (AvgIpc) is 3.27. The Hall–Kier alpha value is -4.62. The largest absolute Gasteiger partial charge is 0.586 e. The third kappa shape index (κ3) is 7.47. The molecule has 4 rings (SSSR count). The van der Waals surface area contributed by atoms with Crippen molar-refractivity contribution < 1.29 is 56.4 Å². The molecule has 1 aromatic carbocycles. The fraction of sp³-hybridized carbons (Fsp3) is 0.467. The van der Waals surface area contributed by atoms with E-state index in [1.807, 2.05) is 0 Å². The summed E-state index contributed by atoms with van der Waals surface area (Å²) in [5.74, 6) is -5.24. The van der Waals surface area contributed by atoms with Gasteiger partial charge in [0.1, 0.15) is 6.04 Å². The Labute approximate surface area is 251 Å². The first kappa shape index (κ1) is 32.3. The van der Waals surface area contributed by atoms with E-state index in [1.54, 1.807) is 39.8 Å². The van der Waals surface area contributed by atoms with Crippen LogP contribution in [0.25, 0.3) is 0 Å². The smallest absolute Gasteiger partial charge is 0.464 e. The second-order valence-corrected chi connectivity index (χ2v) is 10.7. The van der Waals surface area contributed by atoms with E-state index in [-0.39, 0.29) is 43.3 Å². The van der Waals surface area contributed by atoms with E-state index in [9.17, 15) is 32.8 Å². The molecule has 236 valence electrons. The summed E-state index contributed by atoms with van der Waals surface area (Å²) >= 11 is 0. The number of likely N-dealkylation sites (tertiary alicyclic amines) is 1. The van der Waals surface area contributed by atoms with Crippen molar-refractivity contribution in [2.45, 2.75) is 65.2 Å². The third-order valence-corrected chi connectivity index (χ3v) is 7.04. The number of alkyl halides is 2. The molecule has 12 nitrogen and oxygen atoms in total. The number of imide groups is 1.